The minimum atomic E-state index is 0.107. The van der Waals surface area contributed by atoms with Crippen molar-refractivity contribution in [2.24, 2.45) is 0 Å². The first-order valence-corrected chi connectivity index (χ1v) is 13.0. The second-order valence-electron chi connectivity index (χ2n) is 7.36. The van der Waals surface area contributed by atoms with Gasteiger partial charge >= 0.3 is 0 Å². The van der Waals surface area contributed by atoms with Crippen LogP contribution in [0.15, 0.2) is 81.3 Å². The molecule has 2 aromatic carbocycles. The molecule has 1 amide bonds. The van der Waals surface area contributed by atoms with Gasteiger partial charge in [-0.1, -0.05) is 79.9 Å². The molecule has 0 atom stereocenters. The first kappa shape index (κ1) is 23.4. The fourth-order valence-electron chi connectivity index (χ4n) is 3.41. The number of halogens is 2. The fraction of sp³-hybridized carbons (Fsp3) is 0.320. The van der Waals surface area contributed by atoms with E-state index in [0.717, 1.165) is 41.2 Å². The van der Waals surface area contributed by atoms with Crippen molar-refractivity contribution < 1.29 is 4.79 Å². The van der Waals surface area contributed by atoms with Crippen LogP contribution in [0.25, 0.3) is 0 Å². The van der Waals surface area contributed by atoms with Crippen LogP contribution >= 0.6 is 43.6 Å². The summed E-state index contributed by atoms with van der Waals surface area (Å²) >= 11 is 8.68. The van der Waals surface area contributed by atoms with Gasteiger partial charge in [0, 0.05) is 15.5 Å². The molecule has 158 valence electrons. The van der Waals surface area contributed by atoms with Gasteiger partial charge in [0.15, 0.2) is 0 Å². The third kappa shape index (κ3) is 7.75. The number of thioether (sulfide) groups is 1. The van der Waals surface area contributed by atoms with E-state index >= 15 is 0 Å². The Kier molecular flexibility index (Phi) is 9.76. The van der Waals surface area contributed by atoms with Crippen molar-refractivity contribution in [3.8, 4) is 0 Å². The number of allylic oxidation sites excluding steroid dienone is 4. The van der Waals surface area contributed by atoms with Crippen molar-refractivity contribution in [2.75, 3.05) is 12.3 Å². The molecule has 0 saturated heterocycles. The molecule has 0 aromatic heterocycles. The van der Waals surface area contributed by atoms with Crippen molar-refractivity contribution in [3.63, 3.8) is 0 Å². The van der Waals surface area contributed by atoms with Gasteiger partial charge in [0.25, 0.3) is 0 Å². The molecule has 0 fully saturated rings. The molecule has 0 saturated carbocycles. The van der Waals surface area contributed by atoms with Gasteiger partial charge in [-0.3, -0.25) is 4.79 Å². The van der Waals surface area contributed by atoms with Gasteiger partial charge in [0.05, 0.1) is 11.0 Å². The predicted molar refractivity (Wildman–Crippen MR) is 136 cm³/mol. The molecule has 0 spiro atoms. The third-order valence-electron chi connectivity index (χ3n) is 5.01. The summed E-state index contributed by atoms with van der Waals surface area (Å²) in [6, 6.07) is 16.7. The number of hydrogen-bond acceptors (Lipinski definition) is 2. The van der Waals surface area contributed by atoms with E-state index in [9.17, 15) is 4.79 Å². The SMILES string of the molecule is O=C(CSC(c1ccc(Br)cc1)c1ccc(Br)cc1)NCCCCC1=CCCC=C1. The summed E-state index contributed by atoms with van der Waals surface area (Å²) in [6.45, 7) is 0.748. The maximum Gasteiger partial charge on any atom is 0.230 e. The van der Waals surface area contributed by atoms with Gasteiger partial charge in [-0.05, 0) is 67.5 Å². The molecule has 1 aliphatic rings. The number of benzene rings is 2. The smallest absolute Gasteiger partial charge is 0.230 e. The van der Waals surface area contributed by atoms with Gasteiger partial charge in [-0.15, -0.1) is 11.8 Å². The molecular formula is C25H27Br2NOS. The molecule has 2 aromatic rings. The molecule has 0 bridgehead atoms. The Hall–Kier alpha value is -1.30. The first-order valence-electron chi connectivity index (χ1n) is 10.4. The summed E-state index contributed by atoms with van der Waals surface area (Å²) in [6.07, 6.45) is 12.4. The van der Waals surface area contributed by atoms with Gasteiger partial charge in [-0.25, -0.2) is 0 Å². The Morgan fingerprint density at radius 1 is 0.933 bits per heavy atom. The van der Waals surface area contributed by atoms with E-state index in [1.165, 1.54) is 23.1 Å². The second-order valence-corrected chi connectivity index (χ2v) is 10.3. The van der Waals surface area contributed by atoms with Crippen molar-refractivity contribution in [1.29, 1.82) is 0 Å². The highest BCUT2D eigenvalue weighted by Gasteiger charge is 2.16. The van der Waals surface area contributed by atoms with E-state index < -0.39 is 0 Å². The zero-order valence-electron chi connectivity index (χ0n) is 17.0. The Labute approximate surface area is 200 Å². The highest BCUT2D eigenvalue weighted by atomic mass is 79.9. The van der Waals surface area contributed by atoms with E-state index in [0.29, 0.717) is 5.75 Å². The standard InChI is InChI=1S/C25H27Br2NOS/c26-22-13-9-20(10-14-22)25(21-11-15-23(27)16-12-21)30-18-24(29)28-17-5-4-8-19-6-2-1-3-7-19/h2,6-7,9-16,25H,1,3-5,8,17-18H2,(H,28,29). The molecule has 1 aliphatic carbocycles. The summed E-state index contributed by atoms with van der Waals surface area (Å²) in [5.74, 6) is 0.557. The average Bonchev–Trinajstić information content (AvgIpc) is 2.77. The molecule has 3 rings (SSSR count). The molecule has 0 unspecified atom stereocenters. The molecule has 1 N–H and O–H groups in total. The Bertz CT molecular complexity index is 830. The number of nitrogens with one attached hydrogen (secondary N) is 1. The van der Waals surface area contributed by atoms with Crippen LogP contribution in [-0.2, 0) is 4.79 Å². The molecule has 30 heavy (non-hydrogen) atoms. The van der Waals surface area contributed by atoms with Gasteiger partial charge in [0.2, 0.25) is 5.91 Å². The summed E-state index contributed by atoms with van der Waals surface area (Å²) in [5.41, 5.74) is 3.84. The summed E-state index contributed by atoms with van der Waals surface area (Å²) in [7, 11) is 0. The highest BCUT2D eigenvalue weighted by molar-refractivity contribution is 9.10. The van der Waals surface area contributed by atoms with E-state index in [1.807, 2.05) is 0 Å². The van der Waals surface area contributed by atoms with Crippen LogP contribution in [0.4, 0.5) is 0 Å². The average molecular weight is 549 g/mol. The number of amides is 1. The Morgan fingerprint density at radius 2 is 1.57 bits per heavy atom. The topological polar surface area (TPSA) is 29.1 Å². The molecule has 0 aliphatic heterocycles. The maximum absolute atomic E-state index is 12.4. The van der Waals surface area contributed by atoms with E-state index in [2.05, 4.69) is 104 Å². The molecule has 0 radical (unpaired) electrons. The summed E-state index contributed by atoms with van der Waals surface area (Å²) in [5, 5.41) is 3.21. The number of carbonyl (C=O) groups is 1. The minimum absolute atomic E-state index is 0.107. The van der Waals surface area contributed by atoms with Crippen molar-refractivity contribution in [1.82, 2.24) is 5.32 Å². The van der Waals surface area contributed by atoms with Gasteiger partial charge < -0.3 is 5.32 Å². The van der Waals surface area contributed by atoms with E-state index in [1.54, 1.807) is 11.8 Å². The molecule has 2 nitrogen and oxygen atoms in total. The first-order chi connectivity index (χ1) is 14.6. The lowest BCUT2D eigenvalue weighted by Gasteiger charge is -2.18. The van der Waals surface area contributed by atoms with E-state index in [-0.39, 0.29) is 11.2 Å². The third-order valence-corrected chi connectivity index (χ3v) is 7.38. The number of carbonyl (C=O) groups excluding carboxylic acids is 1. The van der Waals surface area contributed by atoms with Crippen LogP contribution in [0.3, 0.4) is 0 Å². The quantitative estimate of drug-likeness (QED) is 0.310. The van der Waals surface area contributed by atoms with Crippen LogP contribution in [-0.4, -0.2) is 18.2 Å². The van der Waals surface area contributed by atoms with Crippen molar-refractivity contribution in [3.05, 3.63) is 92.4 Å². The lowest BCUT2D eigenvalue weighted by atomic mass is 10.0. The summed E-state index contributed by atoms with van der Waals surface area (Å²) < 4.78 is 2.12. The molecule has 0 heterocycles. The number of unbranched alkanes of at least 4 members (excludes halogenated alkanes) is 1. The predicted octanol–water partition coefficient (Wildman–Crippen LogP) is 7.60. The van der Waals surface area contributed by atoms with Crippen LogP contribution in [0.2, 0.25) is 0 Å². The zero-order chi connectivity index (χ0) is 21.2. The van der Waals surface area contributed by atoms with Crippen LogP contribution in [0.1, 0.15) is 48.5 Å². The van der Waals surface area contributed by atoms with Crippen LogP contribution in [0.5, 0.6) is 0 Å². The monoisotopic (exact) mass is 547 g/mol. The van der Waals surface area contributed by atoms with Crippen LogP contribution < -0.4 is 5.32 Å². The highest BCUT2D eigenvalue weighted by Crippen LogP contribution is 2.36. The van der Waals surface area contributed by atoms with E-state index in [4.69, 9.17) is 0 Å². The van der Waals surface area contributed by atoms with Crippen LogP contribution in [0, 0.1) is 0 Å². The number of hydrogen-bond donors (Lipinski definition) is 1. The van der Waals surface area contributed by atoms with Gasteiger partial charge in [-0.2, -0.15) is 0 Å². The molecule has 5 heteroatoms. The minimum Gasteiger partial charge on any atom is -0.355 e. The Balaban J connectivity index is 1.47. The largest absolute Gasteiger partial charge is 0.355 e. The Morgan fingerprint density at radius 3 is 2.13 bits per heavy atom. The second kappa shape index (κ2) is 12.5. The van der Waals surface area contributed by atoms with Crippen molar-refractivity contribution in [2.45, 2.75) is 37.4 Å². The fourth-order valence-corrected chi connectivity index (χ4v) is 5.05. The lowest BCUT2D eigenvalue weighted by molar-refractivity contribution is -0.118. The normalized spacial score (nSPS) is 13.4. The molecular weight excluding hydrogens is 522 g/mol. The zero-order valence-corrected chi connectivity index (χ0v) is 20.9. The van der Waals surface area contributed by atoms with Crippen molar-refractivity contribution >= 4 is 49.5 Å². The lowest BCUT2D eigenvalue weighted by Crippen LogP contribution is -2.26. The number of rotatable bonds is 10. The maximum atomic E-state index is 12.4. The summed E-state index contributed by atoms with van der Waals surface area (Å²) in [4.78, 5) is 12.4. The van der Waals surface area contributed by atoms with Gasteiger partial charge in [0.1, 0.15) is 0 Å².